The van der Waals surface area contributed by atoms with Crippen molar-refractivity contribution in [3.05, 3.63) is 60.2 Å². The Morgan fingerprint density at radius 2 is 2.04 bits per heavy atom. The summed E-state index contributed by atoms with van der Waals surface area (Å²) in [4.78, 5) is 12.9. The summed E-state index contributed by atoms with van der Waals surface area (Å²) < 4.78 is 6.17. The molecule has 2 aromatic heterocycles. The molecule has 0 aliphatic rings. The van der Waals surface area contributed by atoms with Crippen LogP contribution in [0.25, 0.3) is 17.2 Å². The van der Waals surface area contributed by atoms with Crippen molar-refractivity contribution in [2.75, 3.05) is 0 Å². The Morgan fingerprint density at radius 1 is 1.29 bits per heavy atom. The van der Waals surface area contributed by atoms with Crippen LogP contribution < -0.4 is 4.57 Å². The van der Waals surface area contributed by atoms with E-state index in [9.17, 15) is 4.79 Å². The van der Waals surface area contributed by atoms with Gasteiger partial charge in [0.05, 0.1) is 6.20 Å². The van der Waals surface area contributed by atoms with Gasteiger partial charge in [0, 0.05) is 23.5 Å². The number of aromatic nitrogens is 3. The molecule has 1 aromatic carbocycles. The van der Waals surface area contributed by atoms with Gasteiger partial charge in [-0.15, -0.1) is 0 Å². The van der Waals surface area contributed by atoms with Crippen molar-refractivity contribution >= 4 is 23.0 Å². The molecule has 0 aliphatic heterocycles. The normalized spacial score (nSPS) is 11.1. The lowest BCUT2D eigenvalue weighted by atomic mass is 10.1. The summed E-state index contributed by atoms with van der Waals surface area (Å²) in [6.07, 6.45) is 4.75. The minimum Gasteiger partial charge on any atom is -0.348 e. The van der Waals surface area contributed by atoms with Crippen LogP contribution in [0.3, 0.4) is 0 Å². The van der Waals surface area contributed by atoms with Gasteiger partial charge >= 0.3 is 0 Å². The first-order valence-corrected chi connectivity index (χ1v) is 8.38. The summed E-state index contributed by atoms with van der Waals surface area (Å²) in [5, 5.41) is 0. The maximum absolute atomic E-state index is 12.9. The standard InChI is InChI=1S/C20H24N3O/c1-5-11-23-15(3)12-17(16(23)4)20(24)13-22-14-21(6-2)18-9-7-8-10-19(18)22/h6-10,12,14H,2,5,11,13H2,1,3-4H3/q+1. The third kappa shape index (κ3) is 2.68. The van der Waals surface area contributed by atoms with E-state index in [2.05, 4.69) is 25.0 Å². The van der Waals surface area contributed by atoms with Crippen LogP contribution in [-0.2, 0) is 13.1 Å². The van der Waals surface area contributed by atoms with Crippen molar-refractivity contribution in [2.45, 2.75) is 40.3 Å². The van der Waals surface area contributed by atoms with Gasteiger partial charge in [0.15, 0.2) is 17.6 Å². The van der Waals surface area contributed by atoms with Crippen molar-refractivity contribution < 1.29 is 9.36 Å². The van der Waals surface area contributed by atoms with Crippen LogP contribution >= 0.6 is 0 Å². The zero-order chi connectivity index (χ0) is 17.3. The van der Waals surface area contributed by atoms with Gasteiger partial charge in [-0.1, -0.05) is 25.6 Å². The van der Waals surface area contributed by atoms with Gasteiger partial charge in [-0.05, 0) is 38.5 Å². The highest BCUT2D eigenvalue weighted by Gasteiger charge is 2.20. The van der Waals surface area contributed by atoms with Crippen LogP contribution in [0.1, 0.15) is 35.1 Å². The number of para-hydroxylation sites is 2. The minimum absolute atomic E-state index is 0.141. The van der Waals surface area contributed by atoms with E-state index in [4.69, 9.17) is 0 Å². The van der Waals surface area contributed by atoms with E-state index in [1.807, 2.05) is 52.7 Å². The van der Waals surface area contributed by atoms with Crippen molar-refractivity contribution in [1.29, 1.82) is 0 Å². The number of aryl methyl sites for hydroxylation is 1. The van der Waals surface area contributed by atoms with Crippen LogP contribution in [0.5, 0.6) is 0 Å². The fourth-order valence-corrected chi connectivity index (χ4v) is 3.36. The van der Waals surface area contributed by atoms with Gasteiger partial charge in [0.2, 0.25) is 12.1 Å². The van der Waals surface area contributed by atoms with Gasteiger partial charge < -0.3 is 4.57 Å². The molecule has 0 atom stereocenters. The molecule has 0 N–H and O–H groups in total. The van der Waals surface area contributed by atoms with E-state index in [1.54, 1.807) is 6.20 Å². The van der Waals surface area contributed by atoms with Crippen LogP contribution in [-0.4, -0.2) is 14.9 Å². The molecule has 0 spiro atoms. The Bertz CT molecular complexity index is 915. The summed E-state index contributed by atoms with van der Waals surface area (Å²) in [6.45, 7) is 11.4. The Labute approximate surface area is 142 Å². The third-order valence-corrected chi connectivity index (χ3v) is 4.57. The summed E-state index contributed by atoms with van der Waals surface area (Å²) in [6, 6.07) is 10.1. The number of carbonyl (C=O) groups is 1. The lowest BCUT2D eigenvalue weighted by Crippen LogP contribution is -2.36. The first kappa shape index (κ1) is 16.2. The fourth-order valence-electron chi connectivity index (χ4n) is 3.36. The number of hydrogen-bond donors (Lipinski definition) is 0. The largest absolute Gasteiger partial charge is 0.348 e. The SMILES string of the molecule is C=Cn1c[n+](CC(=O)c2cc(C)n(CCC)c2C)c2ccccc21. The molecule has 0 radical (unpaired) electrons. The molecule has 0 bridgehead atoms. The van der Waals surface area contributed by atoms with E-state index < -0.39 is 0 Å². The number of imidazole rings is 1. The average Bonchev–Trinajstić information content (AvgIpc) is 3.07. The molecule has 0 saturated heterocycles. The van der Waals surface area contributed by atoms with E-state index in [1.165, 1.54) is 0 Å². The fraction of sp³-hybridized carbons (Fsp3) is 0.300. The summed E-state index contributed by atoms with van der Waals surface area (Å²) >= 11 is 0. The molecule has 0 saturated carbocycles. The molecule has 0 unspecified atom stereocenters. The van der Waals surface area contributed by atoms with Gasteiger partial charge in [-0.25, -0.2) is 9.13 Å². The van der Waals surface area contributed by atoms with Crippen LogP contribution in [0.2, 0.25) is 0 Å². The molecule has 124 valence electrons. The highest BCUT2D eigenvalue weighted by molar-refractivity contribution is 5.96. The zero-order valence-electron chi connectivity index (χ0n) is 14.6. The van der Waals surface area contributed by atoms with Gasteiger partial charge in [-0.2, -0.15) is 0 Å². The molecular formula is C20H24N3O+. The number of Topliss-reactive ketones (excluding diaryl/α,β-unsaturated/α-hetero) is 1. The Morgan fingerprint density at radius 3 is 2.75 bits per heavy atom. The predicted octanol–water partition coefficient (Wildman–Crippen LogP) is 3.74. The van der Waals surface area contributed by atoms with Gasteiger partial charge in [0.1, 0.15) is 0 Å². The van der Waals surface area contributed by atoms with Gasteiger partial charge in [-0.3, -0.25) is 4.79 Å². The zero-order valence-corrected chi connectivity index (χ0v) is 14.6. The predicted molar refractivity (Wildman–Crippen MR) is 97.0 cm³/mol. The molecule has 0 aliphatic carbocycles. The number of ketones is 1. The first-order valence-electron chi connectivity index (χ1n) is 8.38. The van der Waals surface area contributed by atoms with Crippen molar-refractivity contribution in [1.82, 2.24) is 9.13 Å². The summed E-state index contributed by atoms with van der Waals surface area (Å²) in [7, 11) is 0. The van der Waals surface area contributed by atoms with E-state index in [0.29, 0.717) is 6.54 Å². The molecule has 0 fully saturated rings. The molecule has 2 heterocycles. The second-order valence-corrected chi connectivity index (χ2v) is 6.18. The maximum atomic E-state index is 12.9. The van der Waals surface area contributed by atoms with Crippen molar-refractivity contribution in [3.63, 3.8) is 0 Å². The third-order valence-electron chi connectivity index (χ3n) is 4.57. The number of nitrogens with zero attached hydrogens (tertiary/aromatic N) is 3. The molecular weight excluding hydrogens is 298 g/mol. The molecule has 3 aromatic rings. The smallest absolute Gasteiger partial charge is 0.249 e. The summed E-state index contributed by atoms with van der Waals surface area (Å²) in [5.41, 5.74) is 5.12. The monoisotopic (exact) mass is 322 g/mol. The minimum atomic E-state index is 0.141. The number of carbonyl (C=O) groups excluding carboxylic acids is 1. The van der Waals surface area contributed by atoms with Crippen LogP contribution in [0.15, 0.2) is 43.2 Å². The maximum Gasteiger partial charge on any atom is 0.249 e. The second kappa shape index (κ2) is 6.48. The first-order chi connectivity index (χ1) is 11.6. The molecule has 24 heavy (non-hydrogen) atoms. The van der Waals surface area contributed by atoms with Crippen molar-refractivity contribution in [2.24, 2.45) is 0 Å². The van der Waals surface area contributed by atoms with E-state index >= 15 is 0 Å². The topological polar surface area (TPSA) is 30.8 Å². The Hall–Kier alpha value is -2.62. The Balaban J connectivity index is 1.96. The van der Waals surface area contributed by atoms with Crippen molar-refractivity contribution in [3.8, 4) is 0 Å². The highest BCUT2D eigenvalue weighted by Crippen LogP contribution is 2.17. The quantitative estimate of drug-likeness (QED) is 0.502. The van der Waals surface area contributed by atoms with E-state index in [0.717, 1.165) is 41.0 Å². The van der Waals surface area contributed by atoms with Crippen LogP contribution in [0.4, 0.5) is 0 Å². The number of rotatable bonds is 6. The molecule has 4 nitrogen and oxygen atoms in total. The lowest BCUT2D eigenvalue weighted by Gasteiger charge is -2.07. The highest BCUT2D eigenvalue weighted by atomic mass is 16.1. The number of hydrogen-bond acceptors (Lipinski definition) is 1. The number of benzene rings is 1. The van der Waals surface area contributed by atoms with E-state index in [-0.39, 0.29) is 5.78 Å². The molecule has 3 rings (SSSR count). The van der Waals surface area contributed by atoms with Gasteiger partial charge in [0.25, 0.3) is 0 Å². The lowest BCUT2D eigenvalue weighted by molar-refractivity contribution is -0.657. The molecule has 4 heteroatoms. The van der Waals surface area contributed by atoms with Crippen LogP contribution in [0, 0.1) is 13.8 Å². The molecule has 0 amide bonds. The summed E-state index contributed by atoms with van der Waals surface area (Å²) in [5.74, 6) is 0.141. The Kier molecular flexibility index (Phi) is 4.38. The second-order valence-electron chi connectivity index (χ2n) is 6.18. The average molecular weight is 322 g/mol. The number of fused-ring (bicyclic) bond motifs is 1.